The van der Waals surface area contributed by atoms with Crippen LogP contribution in [0.3, 0.4) is 0 Å². The van der Waals surface area contributed by atoms with Gasteiger partial charge in [-0.05, 0) is 31.5 Å². The van der Waals surface area contributed by atoms with Gasteiger partial charge in [0.1, 0.15) is 11.9 Å². The number of aromatic nitrogens is 3. The minimum absolute atomic E-state index is 0.109. The third kappa shape index (κ3) is 4.71. The van der Waals surface area contributed by atoms with E-state index in [9.17, 15) is 14.4 Å². The number of carbonyl (C=O) groups is 2. The molecule has 1 aliphatic rings. The van der Waals surface area contributed by atoms with Gasteiger partial charge in [-0.25, -0.2) is 4.98 Å². The molecule has 9 nitrogen and oxygen atoms in total. The quantitative estimate of drug-likeness (QED) is 0.756. The molecule has 168 valence electrons. The first-order valence-corrected chi connectivity index (χ1v) is 10.5. The molecule has 0 radical (unpaired) electrons. The molecule has 0 bridgehead atoms. The number of hydrogen-bond donors (Lipinski definition) is 2. The number of hydrogen-bond acceptors (Lipinski definition) is 5. The maximum atomic E-state index is 13.3. The van der Waals surface area contributed by atoms with Gasteiger partial charge >= 0.3 is 0 Å². The van der Waals surface area contributed by atoms with Crippen molar-refractivity contribution in [2.75, 3.05) is 20.6 Å². The molecule has 2 N–H and O–H groups in total. The van der Waals surface area contributed by atoms with E-state index in [1.54, 1.807) is 26.4 Å². The summed E-state index contributed by atoms with van der Waals surface area (Å²) < 4.78 is 3.56. The van der Waals surface area contributed by atoms with Crippen LogP contribution in [0, 0.1) is 5.41 Å². The highest BCUT2D eigenvalue weighted by atomic mass is 16.2. The Bertz CT molecular complexity index is 1050. The van der Waals surface area contributed by atoms with Gasteiger partial charge in [0.2, 0.25) is 11.5 Å². The average molecular weight is 429 g/mol. The minimum atomic E-state index is -0.702. The minimum Gasteiger partial charge on any atom is -0.357 e. The first-order chi connectivity index (χ1) is 14.5. The van der Waals surface area contributed by atoms with Crippen LogP contribution in [0.4, 0.5) is 0 Å². The van der Waals surface area contributed by atoms with Crippen LogP contribution in [0.15, 0.2) is 23.1 Å². The van der Waals surface area contributed by atoms with Crippen molar-refractivity contribution in [2.45, 2.75) is 46.3 Å². The monoisotopic (exact) mass is 428 g/mol. The van der Waals surface area contributed by atoms with Gasteiger partial charge in [-0.1, -0.05) is 20.8 Å². The number of rotatable bonds is 4. The van der Waals surface area contributed by atoms with Crippen molar-refractivity contribution in [3.63, 3.8) is 0 Å². The van der Waals surface area contributed by atoms with E-state index < -0.39 is 11.5 Å². The fraction of sp³-hybridized carbons (Fsp3) is 0.545. The molecule has 2 amide bonds. The highest BCUT2D eigenvalue weighted by molar-refractivity contribution is 5.97. The number of nitrogens with zero attached hydrogens (tertiary/aromatic N) is 4. The number of pyridine rings is 1. The molecular formula is C22H32N6O3. The molecule has 0 aliphatic carbocycles. The number of likely N-dealkylation sites (N-methyl/N-ethyl adjacent to an activating group) is 1. The summed E-state index contributed by atoms with van der Waals surface area (Å²) in [7, 11) is 5.26. The smallest absolute Gasteiger partial charge is 0.272 e. The van der Waals surface area contributed by atoms with Crippen molar-refractivity contribution in [1.29, 1.82) is 0 Å². The average Bonchev–Trinajstić information content (AvgIpc) is 2.93. The number of imidazole rings is 1. The SMILES string of the molecule is CNC(=O)C(NC(=O)c1nc(-c2ccc(=O)n(C)c2)n2c1CN(C)CCC2)C(C)(C)C. The second kappa shape index (κ2) is 8.66. The maximum absolute atomic E-state index is 13.3. The molecule has 0 saturated heterocycles. The van der Waals surface area contributed by atoms with Crippen molar-refractivity contribution in [3.8, 4) is 11.4 Å². The van der Waals surface area contributed by atoms with Gasteiger partial charge in [0.05, 0.1) is 5.69 Å². The topological polar surface area (TPSA) is 101 Å². The zero-order valence-electron chi connectivity index (χ0n) is 19.2. The summed E-state index contributed by atoms with van der Waals surface area (Å²) in [6, 6.07) is 2.53. The lowest BCUT2D eigenvalue weighted by molar-refractivity contribution is -0.124. The van der Waals surface area contributed by atoms with E-state index in [0.29, 0.717) is 18.1 Å². The van der Waals surface area contributed by atoms with Crippen LogP contribution in [0.2, 0.25) is 0 Å². The lowest BCUT2D eigenvalue weighted by Gasteiger charge is -2.29. The van der Waals surface area contributed by atoms with Crippen LogP contribution in [-0.2, 0) is 24.9 Å². The van der Waals surface area contributed by atoms with Gasteiger partial charge < -0.3 is 24.7 Å². The van der Waals surface area contributed by atoms with Gasteiger partial charge in [0.15, 0.2) is 5.69 Å². The maximum Gasteiger partial charge on any atom is 0.272 e. The molecule has 0 saturated carbocycles. The normalized spacial score (nSPS) is 15.7. The van der Waals surface area contributed by atoms with Crippen molar-refractivity contribution in [2.24, 2.45) is 12.5 Å². The molecular weight excluding hydrogens is 396 g/mol. The molecule has 0 spiro atoms. The van der Waals surface area contributed by atoms with Crippen LogP contribution in [0.5, 0.6) is 0 Å². The molecule has 0 fully saturated rings. The van der Waals surface area contributed by atoms with E-state index in [-0.39, 0.29) is 17.4 Å². The third-order valence-electron chi connectivity index (χ3n) is 5.62. The molecule has 1 atom stereocenters. The Morgan fingerprint density at radius 3 is 2.48 bits per heavy atom. The van der Waals surface area contributed by atoms with Crippen molar-refractivity contribution < 1.29 is 9.59 Å². The van der Waals surface area contributed by atoms with E-state index in [1.807, 2.05) is 27.8 Å². The molecule has 1 aliphatic heterocycles. The standard InChI is InChI=1S/C22H32N6O3/c1-22(2,3)18(21(31)23-4)25-20(30)17-15-13-26(5)10-7-11-28(15)19(24-17)14-8-9-16(29)27(6)12-14/h8-9,12,18H,7,10-11,13H2,1-6H3,(H,23,31)(H,25,30). The number of amides is 2. The first-order valence-electron chi connectivity index (χ1n) is 10.5. The Balaban J connectivity index is 2.08. The third-order valence-corrected chi connectivity index (χ3v) is 5.62. The van der Waals surface area contributed by atoms with Crippen LogP contribution in [-0.4, -0.2) is 57.5 Å². The summed E-state index contributed by atoms with van der Waals surface area (Å²) in [5.41, 5.74) is 1.32. The highest BCUT2D eigenvalue weighted by Crippen LogP contribution is 2.26. The van der Waals surface area contributed by atoms with Gasteiger partial charge in [-0.2, -0.15) is 0 Å². The second-order valence-electron chi connectivity index (χ2n) is 9.23. The number of fused-ring (bicyclic) bond motifs is 1. The van der Waals surface area contributed by atoms with Gasteiger partial charge in [0.25, 0.3) is 5.91 Å². The van der Waals surface area contributed by atoms with Crippen molar-refractivity contribution in [1.82, 2.24) is 29.7 Å². The molecule has 2 aromatic heterocycles. The summed E-state index contributed by atoms with van der Waals surface area (Å²) in [5, 5.41) is 5.52. The van der Waals surface area contributed by atoms with E-state index in [1.165, 1.54) is 10.6 Å². The largest absolute Gasteiger partial charge is 0.357 e. The summed E-state index contributed by atoms with van der Waals surface area (Å²) in [6.07, 6.45) is 2.65. The fourth-order valence-electron chi connectivity index (χ4n) is 3.87. The van der Waals surface area contributed by atoms with Crippen molar-refractivity contribution >= 4 is 11.8 Å². The summed E-state index contributed by atoms with van der Waals surface area (Å²) >= 11 is 0. The van der Waals surface area contributed by atoms with Gasteiger partial charge in [-0.3, -0.25) is 14.4 Å². The zero-order valence-corrected chi connectivity index (χ0v) is 19.2. The lowest BCUT2D eigenvalue weighted by Crippen LogP contribution is -2.53. The Morgan fingerprint density at radius 1 is 1.16 bits per heavy atom. The van der Waals surface area contributed by atoms with E-state index >= 15 is 0 Å². The Kier molecular flexibility index (Phi) is 6.35. The molecule has 2 aromatic rings. The van der Waals surface area contributed by atoms with E-state index in [0.717, 1.165) is 30.8 Å². The fourth-order valence-corrected chi connectivity index (χ4v) is 3.87. The summed E-state index contributed by atoms with van der Waals surface area (Å²) in [5.74, 6) is 0.0264. The predicted molar refractivity (Wildman–Crippen MR) is 119 cm³/mol. The Hall–Kier alpha value is -2.94. The van der Waals surface area contributed by atoms with Crippen LogP contribution >= 0.6 is 0 Å². The Labute approximate surface area is 182 Å². The van der Waals surface area contributed by atoms with E-state index in [4.69, 9.17) is 4.98 Å². The first kappa shape index (κ1) is 22.7. The predicted octanol–water partition coefficient (Wildman–Crippen LogP) is 0.975. The number of nitrogens with one attached hydrogen (secondary N) is 2. The zero-order chi connectivity index (χ0) is 22.9. The Morgan fingerprint density at radius 2 is 1.87 bits per heavy atom. The van der Waals surface area contributed by atoms with Crippen LogP contribution in [0.25, 0.3) is 11.4 Å². The lowest BCUT2D eigenvalue weighted by atomic mass is 9.86. The summed E-state index contributed by atoms with van der Waals surface area (Å²) in [6.45, 7) is 7.91. The van der Waals surface area contributed by atoms with Crippen LogP contribution < -0.4 is 16.2 Å². The summed E-state index contributed by atoms with van der Waals surface area (Å²) in [4.78, 5) is 44.5. The molecule has 3 heterocycles. The van der Waals surface area contributed by atoms with Crippen molar-refractivity contribution in [3.05, 3.63) is 40.1 Å². The molecule has 3 rings (SSSR count). The molecule has 1 unspecified atom stereocenters. The van der Waals surface area contributed by atoms with E-state index in [2.05, 4.69) is 20.1 Å². The number of carbonyl (C=O) groups excluding carboxylic acids is 2. The van der Waals surface area contributed by atoms with Gasteiger partial charge in [-0.15, -0.1) is 0 Å². The van der Waals surface area contributed by atoms with Gasteiger partial charge in [0, 0.05) is 45.0 Å². The second-order valence-corrected chi connectivity index (χ2v) is 9.23. The molecule has 31 heavy (non-hydrogen) atoms. The van der Waals surface area contributed by atoms with Crippen LogP contribution in [0.1, 0.15) is 43.4 Å². The highest BCUT2D eigenvalue weighted by Gasteiger charge is 2.34. The number of aryl methyl sites for hydroxylation is 1. The molecule has 9 heteroatoms. The molecule has 0 aromatic carbocycles.